The van der Waals surface area contributed by atoms with E-state index < -0.39 is 29.0 Å². The van der Waals surface area contributed by atoms with Crippen molar-refractivity contribution < 1.29 is 27.1 Å². The van der Waals surface area contributed by atoms with E-state index in [1.807, 2.05) is 0 Å². The molecule has 2 heterocycles. The molecule has 0 fully saturated rings. The molecular formula is C17H11ClF3N3O3. The van der Waals surface area contributed by atoms with Gasteiger partial charge in [-0.15, -0.1) is 0 Å². The minimum absolute atomic E-state index is 0.0393. The quantitative estimate of drug-likeness (QED) is 0.513. The second kappa shape index (κ2) is 7.67. The predicted octanol–water partition coefficient (Wildman–Crippen LogP) is 4.21. The predicted molar refractivity (Wildman–Crippen MR) is 89.7 cm³/mol. The van der Waals surface area contributed by atoms with Gasteiger partial charge in [-0.3, -0.25) is 0 Å². The molecule has 3 aromatic rings. The summed E-state index contributed by atoms with van der Waals surface area (Å²) in [5.41, 5.74) is -0.813. The molecule has 2 aromatic heterocycles. The first-order valence-electron chi connectivity index (χ1n) is 7.48. The number of furan rings is 1. The Balaban J connectivity index is 2.09. The second-order valence-corrected chi connectivity index (χ2v) is 5.58. The van der Waals surface area contributed by atoms with Crippen LogP contribution in [0, 0.1) is 17.5 Å². The smallest absolute Gasteiger partial charge is 0.358 e. The molecule has 3 rings (SSSR count). The zero-order valence-electron chi connectivity index (χ0n) is 13.7. The van der Waals surface area contributed by atoms with Crippen LogP contribution in [0.3, 0.4) is 0 Å². The first-order valence-corrected chi connectivity index (χ1v) is 7.86. The summed E-state index contributed by atoms with van der Waals surface area (Å²) in [4.78, 5) is 19.8. The number of nitrogens with one attached hydrogen (secondary N) is 1. The Morgan fingerprint density at radius 3 is 2.67 bits per heavy atom. The van der Waals surface area contributed by atoms with Crippen molar-refractivity contribution in [3.05, 3.63) is 64.5 Å². The molecule has 0 unspecified atom stereocenters. The molecule has 0 aliphatic rings. The van der Waals surface area contributed by atoms with Crippen LogP contribution in [0.2, 0.25) is 5.02 Å². The maximum Gasteiger partial charge on any atom is 0.358 e. The van der Waals surface area contributed by atoms with Gasteiger partial charge in [0, 0.05) is 0 Å². The number of methoxy groups -OCH3 is 1. The lowest BCUT2D eigenvalue weighted by molar-refractivity contribution is 0.0594. The van der Waals surface area contributed by atoms with Crippen molar-refractivity contribution in [2.24, 2.45) is 0 Å². The zero-order chi connectivity index (χ0) is 19.6. The Morgan fingerprint density at radius 1 is 1.22 bits per heavy atom. The molecule has 1 N–H and O–H groups in total. The van der Waals surface area contributed by atoms with Crippen molar-refractivity contribution in [1.29, 1.82) is 0 Å². The first kappa shape index (κ1) is 18.7. The van der Waals surface area contributed by atoms with E-state index in [0.717, 1.165) is 19.2 Å². The SMILES string of the molecule is COC(=O)c1nc(-c2ccc(F)c(F)c2F)nc(NCc2ccco2)c1Cl. The van der Waals surface area contributed by atoms with Crippen LogP contribution >= 0.6 is 11.6 Å². The van der Waals surface area contributed by atoms with Crippen LogP contribution < -0.4 is 5.32 Å². The van der Waals surface area contributed by atoms with Gasteiger partial charge in [0.2, 0.25) is 0 Å². The summed E-state index contributed by atoms with van der Waals surface area (Å²) in [5.74, 6) is -5.34. The van der Waals surface area contributed by atoms with Crippen LogP contribution in [-0.4, -0.2) is 23.0 Å². The summed E-state index contributed by atoms with van der Waals surface area (Å²) in [5, 5.41) is 2.64. The Hall–Kier alpha value is -3.07. The highest BCUT2D eigenvalue weighted by Crippen LogP contribution is 2.30. The molecule has 0 saturated heterocycles. The largest absolute Gasteiger partial charge is 0.467 e. The lowest BCUT2D eigenvalue weighted by Crippen LogP contribution is -2.12. The Bertz CT molecular complexity index is 997. The van der Waals surface area contributed by atoms with Gasteiger partial charge in [0.1, 0.15) is 16.6 Å². The van der Waals surface area contributed by atoms with E-state index in [-0.39, 0.29) is 28.9 Å². The number of anilines is 1. The van der Waals surface area contributed by atoms with Gasteiger partial charge in [0.25, 0.3) is 0 Å². The van der Waals surface area contributed by atoms with Crippen molar-refractivity contribution in [1.82, 2.24) is 9.97 Å². The number of carbonyl (C=O) groups is 1. The molecule has 0 aliphatic carbocycles. The van der Waals surface area contributed by atoms with Crippen LogP contribution in [0.1, 0.15) is 16.2 Å². The van der Waals surface area contributed by atoms with E-state index >= 15 is 0 Å². The molecule has 140 valence electrons. The fourth-order valence-corrected chi connectivity index (χ4v) is 2.43. The van der Waals surface area contributed by atoms with Crippen LogP contribution in [0.4, 0.5) is 19.0 Å². The number of ether oxygens (including phenoxy) is 1. The minimum Gasteiger partial charge on any atom is -0.467 e. The highest BCUT2D eigenvalue weighted by Gasteiger charge is 2.23. The topological polar surface area (TPSA) is 77.2 Å². The average Bonchev–Trinajstić information content (AvgIpc) is 3.18. The molecule has 0 atom stereocenters. The average molecular weight is 398 g/mol. The molecule has 0 amide bonds. The van der Waals surface area contributed by atoms with E-state index in [1.165, 1.54) is 6.26 Å². The number of halogens is 4. The van der Waals surface area contributed by atoms with E-state index in [2.05, 4.69) is 20.0 Å². The van der Waals surface area contributed by atoms with Crippen molar-refractivity contribution in [2.75, 3.05) is 12.4 Å². The zero-order valence-corrected chi connectivity index (χ0v) is 14.5. The van der Waals surface area contributed by atoms with Crippen LogP contribution in [-0.2, 0) is 11.3 Å². The summed E-state index contributed by atoms with van der Waals surface area (Å²) in [7, 11) is 1.11. The molecule has 0 radical (unpaired) electrons. The van der Waals surface area contributed by atoms with Crippen LogP contribution in [0.5, 0.6) is 0 Å². The van der Waals surface area contributed by atoms with Gasteiger partial charge in [0.15, 0.2) is 29.0 Å². The molecule has 0 aliphatic heterocycles. The summed E-state index contributed by atoms with van der Waals surface area (Å²) in [6, 6.07) is 5.02. The Morgan fingerprint density at radius 2 is 2.00 bits per heavy atom. The number of nitrogens with zero attached hydrogens (tertiary/aromatic N) is 2. The molecule has 6 nitrogen and oxygen atoms in total. The summed E-state index contributed by atoms with van der Waals surface area (Å²) in [6.07, 6.45) is 1.46. The second-order valence-electron chi connectivity index (χ2n) is 5.21. The van der Waals surface area contributed by atoms with E-state index in [1.54, 1.807) is 12.1 Å². The van der Waals surface area contributed by atoms with Gasteiger partial charge in [-0.1, -0.05) is 11.6 Å². The number of hydrogen-bond acceptors (Lipinski definition) is 6. The summed E-state index contributed by atoms with van der Waals surface area (Å²) >= 11 is 6.13. The molecule has 0 saturated carbocycles. The molecule has 10 heteroatoms. The normalized spacial score (nSPS) is 10.7. The van der Waals surface area contributed by atoms with E-state index in [0.29, 0.717) is 5.76 Å². The third-order valence-electron chi connectivity index (χ3n) is 3.52. The Labute approximate surface area is 155 Å². The Kier molecular flexibility index (Phi) is 5.31. The molecule has 0 bridgehead atoms. The van der Waals surface area contributed by atoms with Gasteiger partial charge in [-0.05, 0) is 24.3 Å². The maximum absolute atomic E-state index is 14.1. The van der Waals surface area contributed by atoms with E-state index in [9.17, 15) is 18.0 Å². The first-order chi connectivity index (χ1) is 12.9. The number of carbonyl (C=O) groups excluding carboxylic acids is 1. The van der Waals surface area contributed by atoms with Gasteiger partial charge >= 0.3 is 5.97 Å². The molecular weight excluding hydrogens is 387 g/mol. The number of hydrogen-bond donors (Lipinski definition) is 1. The molecule has 0 spiro atoms. The van der Waals surface area contributed by atoms with Gasteiger partial charge < -0.3 is 14.5 Å². The fourth-order valence-electron chi connectivity index (χ4n) is 2.20. The van der Waals surface area contributed by atoms with Crippen molar-refractivity contribution in [3.8, 4) is 11.4 Å². The highest BCUT2D eigenvalue weighted by molar-refractivity contribution is 6.35. The fraction of sp³-hybridized carbons (Fsp3) is 0.118. The lowest BCUT2D eigenvalue weighted by atomic mass is 10.1. The standard InChI is InChI=1S/C17H11ClF3N3O3/c1-26-17(25)14-11(18)16(22-7-8-3-2-6-27-8)24-15(23-14)9-4-5-10(19)13(21)12(9)20/h2-6H,7H2,1H3,(H,22,23,24). The molecule has 27 heavy (non-hydrogen) atoms. The summed E-state index contributed by atoms with van der Waals surface area (Å²) < 4.78 is 50.6. The van der Waals surface area contributed by atoms with Crippen molar-refractivity contribution in [3.63, 3.8) is 0 Å². The number of aromatic nitrogens is 2. The number of esters is 1. The third-order valence-corrected chi connectivity index (χ3v) is 3.87. The number of rotatable bonds is 5. The van der Waals surface area contributed by atoms with Crippen LogP contribution in [0.15, 0.2) is 34.9 Å². The minimum atomic E-state index is -1.68. The van der Waals surface area contributed by atoms with Crippen molar-refractivity contribution in [2.45, 2.75) is 6.54 Å². The van der Waals surface area contributed by atoms with Crippen LogP contribution in [0.25, 0.3) is 11.4 Å². The van der Waals surface area contributed by atoms with Crippen molar-refractivity contribution >= 4 is 23.4 Å². The summed E-state index contributed by atoms with van der Waals surface area (Å²) in [6.45, 7) is 0.143. The third kappa shape index (κ3) is 3.72. The van der Waals surface area contributed by atoms with Gasteiger partial charge in [0.05, 0.1) is 25.5 Å². The highest BCUT2D eigenvalue weighted by atomic mass is 35.5. The lowest BCUT2D eigenvalue weighted by Gasteiger charge is -2.12. The maximum atomic E-state index is 14.1. The van der Waals surface area contributed by atoms with Gasteiger partial charge in [-0.25, -0.2) is 27.9 Å². The van der Waals surface area contributed by atoms with Gasteiger partial charge in [-0.2, -0.15) is 0 Å². The molecule has 1 aromatic carbocycles. The van der Waals surface area contributed by atoms with E-state index in [4.69, 9.17) is 16.0 Å². The monoisotopic (exact) mass is 397 g/mol. The number of benzene rings is 1.